The van der Waals surface area contributed by atoms with Crippen LogP contribution in [0.3, 0.4) is 0 Å². The van der Waals surface area contributed by atoms with Crippen molar-refractivity contribution in [2.75, 3.05) is 6.61 Å². The van der Waals surface area contributed by atoms with Crippen LogP contribution < -0.4 is 10.3 Å². The Kier molecular flexibility index (Phi) is 5.97. The number of halogens is 1. The molecule has 3 aromatic rings. The van der Waals surface area contributed by atoms with Crippen molar-refractivity contribution in [1.29, 1.82) is 0 Å². The van der Waals surface area contributed by atoms with Crippen molar-refractivity contribution in [1.82, 2.24) is 9.38 Å². The van der Waals surface area contributed by atoms with Crippen LogP contribution in [0.15, 0.2) is 53.3 Å². The topological polar surface area (TPSA) is 43.6 Å². The molecule has 0 spiro atoms. The predicted molar refractivity (Wildman–Crippen MR) is 111 cm³/mol. The smallest absolute Gasteiger partial charge is 0.258 e. The molecule has 0 unspecified atom stereocenters. The van der Waals surface area contributed by atoms with Crippen LogP contribution >= 0.6 is 11.6 Å². The van der Waals surface area contributed by atoms with E-state index in [2.05, 4.69) is 18.8 Å². The summed E-state index contributed by atoms with van der Waals surface area (Å²) in [4.78, 5) is 16.9. The second kappa shape index (κ2) is 8.40. The molecule has 4 nitrogen and oxygen atoms in total. The number of benzene rings is 1. The third-order valence-electron chi connectivity index (χ3n) is 4.26. The first-order valence-corrected chi connectivity index (χ1v) is 9.41. The number of nitrogens with zero attached hydrogens (tertiary/aromatic N) is 2. The fourth-order valence-corrected chi connectivity index (χ4v) is 2.95. The lowest BCUT2D eigenvalue weighted by Crippen LogP contribution is -2.16. The van der Waals surface area contributed by atoms with Gasteiger partial charge in [0.15, 0.2) is 0 Å². The van der Waals surface area contributed by atoms with Gasteiger partial charge >= 0.3 is 0 Å². The summed E-state index contributed by atoms with van der Waals surface area (Å²) in [5.74, 6) is 1.45. The average Bonchev–Trinajstić information content (AvgIpc) is 2.62. The monoisotopic (exact) mass is 382 g/mol. The average molecular weight is 383 g/mol. The summed E-state index contributed by atoms with van der Waals surface area (Å²) in [6.45, 7) is 6.93. The van der Waals surface area contributed by atoms with E-state index >= 15 is 0 Å². The zero-order chi connectivity index (χ0) is 19.4. The predicted octanol–water partition coefficient (Wildman–Crippen LogP) is 5.16. The summed E-state index contributed by atoms with van der Waals surface area (Å²) < 4.78 is 7.29. The van der Waals surface area contributed by atoms with E-state index in [0.717, 1.165) is 23.4 Å². The Bertz CT molecular complexity index is 1020. The van der Waals surface area contributed by atoms with Crippen LogP contribution in [0.4, 0.5) is 0 Å². The van der Waals surface area contributed by atoms with Crippen LogP contribution in [0, 0.1) is 12.8 Å². The van der Waals surface area contributed by atoms with Crippen LogP contribution in [0.2, 0.25) is 0 Å². The first kappa shape index (κ1) is 19.2. The van der Waals surface area contributed by atoms with Crippen LogP contribution in [-0.4, -0.2) is 16.0 Å². The first-order valence-electron chi connectivity index (χ1n) is 9.04. The normalized spacial score (nSPS) is 12.0. The number of fused-ring (bicyclic) bond motifs is 1. The molecule has 0 saturated carbocycles. The number of hydrogen-bond acceptors (Lipinski definition) is 3. The molecule has 0 aliphatic carbocycles. The molecule has 140 valence electrons. The third kappa shape index (κ3) is 4.77. The lowest BCUT2D eigenvalue weighted by molar-refractivity contribution is 0.289. The molecule has 0 bridgehead atoms. The van der Waals surface area contributed by atoms with E-state index in [1.165, 1.54) is 6.07 Å². The number of ether oxygens (including phenoxy) is 1. The largest absolute Gasteiger partial charge is 0.494 e. The SMILES string of the molecule is Cc1cccc2nc(/C(Cl)=C/c3ccc(OCCC(C)C)cc3)cc(=O)n12. The highest BCUT2D eigenvalue weighted by molar-refractivity contribution is 6.51. The van der Waals surface area contributed by atoms with Gasteiger partial charge in [-0.1, -0.05) is 43.6 Å². The van der Waals surface area contributed by atoms with Gasteiger partial charge in [0, 0.05) is 11.8 Å². The Hall–Kier alpha value is -2.59. The van der Waals surface area contributed by atoms with Crippen molar-refractivity contribution >= 4 is 28.4 Å². The molecule has 0 amide bonds. The van der Waals surface area contributed by atoms with Crippen LogP contribution in [0.25, 0.3) is 16.8 Å². The molecule has 0 aliphatic heterocycles. The Morgan fingerprint density at radius 3 is 2.67 bits per heavy atom. The number of pyridine rings is 1. The van der Waals surface area contributed by atoms with Gasteiger partial charge in [0.2, 0.25) is 0 Å². The van der Waals surface area contributed by atoms with Crippen molar-refractivity contribution in [3.63, 3.8) is 0 Å². The molecule has 0 radical (unpaired) electrons. The van der Waals surface area contributed by atoms with E-state index in [0.29, 0.717) is 28.9 Å². The van der Waals surface area contributed by atoms with E-state index in [1.54, 1.807) is 16.5 Å². The zero-order valence-electron chi connectivity index (χ0n) is 15.8. The number of hydrogen-bond donors (Lipinski definition) is 0. The van der Waals surface area contributed by atoms with Gasteiger partial charge in [-0.3, -0.25) is 9.20 Å². The van der Waals surface area contributed by atoms with Gasteiger partial charge in [0.1, 0.15) is 11.4 Å². The Balaban J connectivity index is 1.81. The van der Waals surface area contributed by atoms with Gasteiger partial charge in [-0.25, -0.2) is 4.98 Å². The summed E-state index contributed by atoms with van der Waals surface area (Å²) in [5, 5.41) is 0.421. The number of aromatic nitrogens is 2. The summed E-state index contributed by atoms with van der Waals surface area (Å²) in [5.41, 5.74) is 2.66. The van der Waals surface area contributed by atoms with Crippen molar-refractivity contribution in [3.8, 4) is 5.75 Å². The van der Waals surface area contributed by atoms with Crippen LogP contribution in [0.1, 0.15) is 37.2 Å². The molecule has 0 aliphatic rings. The van der Waals surface area contributed by atoms with E-state index in [-0.39, 0.29) is 5.56 Å². The van der Waals surface area contributed by atoms with Gasteiger partial charge in [0.25, 0.3) is 5.56 Å². The van der Waals surface area contributed by atoms with Gasteiger partial charge < -0.3 is 4.74 Å². The van der Waals surface area contributed by atoms with Gasteiger partial charge in [0.05, 0.1) is 17.3 Å². The van der Waals surface area contributed by atoms with Crippen molar-refractivity contribution in [2.45, 2.75) is 27.2 Å². The minimum absolute atomic E-state index is 0.145. The van der Waals surface area contributed by atoms with Gasteiger partial charge in [-0.15, -0.1) is 0 Å². The fraction of sp³-hybridized carbons (Fsp3) is 0.273. The number of aryl methyl sites for hydroxylation is 1. The highest BCUT2D eigenvalue weighted by Crippen LogP contribution is 2.22. The molecule has 27 heavy (non-hydrogen) atoms. The molecule has 0 atom stereocenters. The van der Waals surface area contributed by atoms with E-state index in [9.17, 15) is 4.79 Å². The second-order valence-electron chi connectivity index (χ2n) is 6.93. The Morgan fingerprint density at radius 1 is 1.22 bits per heavy atom. The Labute approximate surface area is 164 Å². The van der Waals surface area contributed by atoms with E-state index < -0.39 is 0 Å². The molecule has 0 saturated heterocycles. The quantitative estimate of drug-likeness (QED) is 0.591. The molecular formula is C22H23ClN2O2. The number of rotatable bonds is 6. The molecule has 0 fully saturated rings. The van der Waals surface area contributed by atoms with Crippen molar-refractivity contribution < 1.29 is 4.74 Å². The molecule has 0 N–H and O–H groups in total. The summed E-state index contributed by atoms with van der Waals surface area (Å²) in [6.07, 6.45) is 2.82. The summed E-state index contributed by atoms with van der Waals surface area (Å²) >= 11 is 6.43. The Morgan fingerprint density at radius 2 is 1.96 bits per heavy atom. The van der Waals surface area contributed by atoms with Crippen molar-refractivity contribution in [3.05, 3.63) is 75.8 Å². The van der Waals surface area contributed by atoms with Gasteiger partial charge in [-0.2, -0.15) is 0 Å². The van der Waals surface area contributed by atoms with E-state index in [4.69, 9.17) is 16.3 Å². The third-order valence-corrected chi connectivity index (χ3v) is 4.56. The van der Waals surface area contributed by atoms with Gasteiger partial charge in [-0.05, 0) is 55.2 Å². The minimum atomic E-state index is -0.145. The maximum Gasteiger partial charge on any atom is 0.258 e. The zero-order valence-corrected chi connectivity index (χ0v) is 16.5. The molecule has 2 heterocycles. The van der Waals surface area contributed by atoms with Crippen LogP contribution in [0.5, 0.6) is 5.75 Å². The molecule has 2 aromatic heterocycles. The maximum absolute atomic E-state index is 12.4. The lowest BCUT2D eigenvalue weighted by atomic mass is 10.1. The highest BCUT2D eigenvalue weighted by atomic mass is 35.5. The minimum Gasteiger partial charge on any atom is -0.494 e. The van der Waals surface area contributed by atoms with Crippen molar-refractivity contribution in [2.24, 2.45) is 5.92 Å². The first-order chi connectivity index (χ1) is 12.9. The molecular weight excluding hydrogens is 360 g/mol. The second-order valence-corrected chi connectivity index (χ2v) is 7.34. The maximum atomic E-state index is 12.4. The molecule has 5 heteroatoms. The van der Waals surface area contributed by atoms with E-state index in [1.807, 2.05) is 43.3 Å². The molecule has 3 rings (SSSR count). The summed E-state index contributed by atoms with van der Waals surface area (Å²) in [6, 6.07) is 14.7. The fourth-order valence-electron chi connectivity index (χ4n) is 2.73. The lowest BCUT2D eigenvalue weighted by Gasteiger charge is -2.08. The van der Waals surface area contributed by atoms with Crippen LogP contribution in [-0.2, 0) is 0 Å². The summed E-state index contributed by atoms with van der Waals surface area (Å²) in [7, 11) is 0. The molecule has 1 aromatic carbocycles. The highest BCUT2D eigenvalue weighted by Gasteiger charge is 2.07. The standard InChI is InChI=1S/C22H23ClN2O2/c1-15(2)11-12-27-18-9-7-17(8-10-18)13-19(23)20-14-22(26)25-16(3)5-4-6-21(25)24-20/h4-10,13-15H,11-12H2,1-3H3/b19-13-.